The zero-order valence-electron chi connectivity index (χ0n) is 17.2. The van der Waals surface area contributed by atoms with Gasteiger partial charge in [0, 0.05) is 64.2 Å². The van der Waals surface area contributed by atoms with Crippen LogP contribution < -0.4 is 21.3 Å². The predicted molar refractivity (Wildman–Crippen MR) is 117 cm³/mol. The molecule has 0 bridgehead atoms. The van der Waals surface area contributed by atoms with Crippen LogP contribution in [0.5, 0.6) is 0 Å². The van der Waals surface area contributed by atoms with Crippen LogP contribution in [0.1, 0.15) is 24.8 Å². The molecular weight excluding hydrogens is 404 g/mol. The third-order valence-electron chi connectivity index (χ3n) is 5.47. The van der Waals surface area contributed by atoms with Gasteiger partial charge in [-0.3, -0.25) is 19.5 Å². The first kappa shape index (κ1) is 22.4. The number of ether oxygens (including phenoxy) is 1. The molecule has 4 N–H and O–H groups in total. The van der Waals surface area contributed by atoms with Gasteiger partial charge in [-0.05, 0) is 36.7 Å². The van der Waals surface area contributed by atoms with Gasteiger partial charge in [0.25, 0.3) is 0 Å². The second kappa shape index (κ2) is 11.2. The van der Waals surface area contributed by atoms with Crippen molar-refractivity contribution in [2.24, 2.45) is 0 Å². The average Bonchev–Trinajstić information content (AvgIpc) is 3.17. The number of nitrogens with zero attached hydrogens (tertiary/aromatic N) is 2. The lowest BCUT2D eigenvalue weighted by Gasteiger charge is -2.37. The van der Waals surface area contributed by atoms with Crippen LogP contribution in [0.25, 0.3) is 0 Å². The van der Waals surface area contributed by atoms with Crippen LogP contribution in [0.4, 0.5) is 0 Å². The van der Waals surface area contributed by atoms with E-state index in [-0.39, 0.29) is 29.9 Å². The van der Waals surface area contributed by atoms with E-state index in [0.29, 0.717) is 50.6 Å². The van der Waals surface area contributed by atoms with Crippen molar-refractivity contribution in [3.63, 3.8) is 0 Å². The lowest BCUT2D eigenvalue weighted by Crippen LogP contribution is -2.58. The summed E-state index contributed by atoms with van der Waals surface area (Å²) >= 11 is 5.33. The molecule has 2 amide bonds. The standard InChI is InChI=1S/C20H30N6O3S/c1-29-8-7-22-20(30)25-15-9-17-19(28)24-12-16(26(17)13-15)4-5-18(27)23-11-14-3-2-6-21-10-14/h2-3,6,10,15-17H,4-5,7-9,11-13H2,1H3,(H,23,27)(H,24,28)(H2,22,25,30)/t15-,16+,17-/m0/s1. The van der Waals surface area contributed by atoms with Gasteiger partial charge in [-0.25, -0.2) is 0 Å². The minimum atomic E-state index is -0.179. The lowest BCUT2D eigenvalue weighted by atomic mass is 10.0. The summed E-state index contributed by atoms with van der Waals surface area (Å²) in [4.78, 5) is 30.9. The Labute approximate surface area is 182 Å². The molecule has 0 saturated carbocycles. The molecule has 1 aromatic heterocycles. The molecule has 3 heterocycles. The number of fused-ring (bicyclic) bond motifs is 1. The highest BCUT2D eigenvalue weighted by Gasteiger charge is 2.43. The molecule has 30 heavy (non-hydrogen) atoms. The third-order valence-corrected chi connectivity index (χ3v) is 5.73. The summed E-state index contributed by atoms with van der Waals surface area (Å²) in [6.07, 6.45) is 5.26. The van der Waals surface area contributed by atoms with E-state index in [4.69, 9.17) is 17.0 Å². The Morgan fingerprint density at radius 1 is 1.43 bits per heavy atom. The molecule has 2 saturated heterocycles. The fourth-order valence-corrected chi connectivity index (χ4v) is 4.21. The number of carbonyl (C=O) groups is 2. The Morgan fingerprint density at radius 3 is 3.07 bits per heavy atom. The monoisotopic (exact) mass is 434 g/mol. The summed E-state index contributed by atoms with van der Waals surface area (Å²) in [7, 11) is 1.64. The molecule has 2 fully saturated rings. The summed E-state index contributed by atoms with van der Waals surface area (Å²) in [5.74, 6) is 0.0551. The number of rotatable bonds is 9. The van der Waals surface area contributed by atoms with Crippen molar-refractivity contribution in [2.75, 3.05) is 33.4 Å². The lowest BCUT2D eigenvalue weighted by molar-refractivity contribution is -0.129. The second-order valence-corrected chi connectivity index (χ2v) is 8.02. The normalized spacial score (nSPS) is 23.4. The average molecular weight is 435 g/mol. The smallest absolute Gasteiger partial charge is 0.237 e. The fourth-order valence-electron chi connectivity index (χ4n) is 3.94. The van der Waals surface area contributed by atoms with E-state index in [1.165, 1.54) is 0 Å². The number of pyridine rings is 1. The minimum Gasteiger partial charge on any atom is -0.383 e. The number of methoxy groups -OCH3 is 1. The third kappa shape index (κ3) is 6.35. The molecule has 0 aliphatic carbocycles. The second-order valence-electron chi connectivity index (χ2n) is 7.61. The first-order chi connectivity index (χ1) is 14.6. The maximum absolute atomic E-state index is 12.3. The number of hydrogen-bond acceptors (Lipinski definition) is 6. The van der Waals surface area contributed by atoms with Crippen LogP contribution in [0.3, 0.4) is 0 Å². The van der Waals surface area contributed by atoms with Crippen LogP contribution in [-0.4, -0.2) is 78.3 Å². The number of carbonyl (C=O) groups excluding carboxylic acids is 2. The van der Waals surface area contributed by atoms with Gasteiger partial charge in [0.05, 0.1) is 12.6 Å². The number of nitrogens with one attached hydrogen (secondary N) is 4. The maximum atomic E-state index is 12.3. The van der Waals surface area contributed by atoms with Gasteiger partial charge in [0.2, 0.25) is 11.8 Å². The number of hydrogen-bond donors (Lipinski definition) is 4. The van der Waals surface area contributed by atoms with Crippen LogP contribution in [0.2, 0.25) is 0 Å². The molecule has 2 aliphatic rings. The molecule has 1 aromatic rings. The van der Waals surface area contributed by atoms with Gasteiger partial charge in [-0.1, -0.05) is 6.07 Å². The van der Waals surface area contributed by atoms with Crippen molar-refractivity contribution >= 4 is 29.1 Å². The predicted octanol–water partition coefficient (Wildman–Crippen LogP) is -0.470. The quantitative estimate of drug-likeness (QED) is 0.305. The molecule has 9 nitrogen and oxygen atoms in total. The Bertz CT molecular complexity index is 735. The molecule has 0 aromatic carbocycles. The highest BCUT2D eigenvalue weighted by molar-refractivity contribution is 7.80. The highest BCUT2D eigenvalue weighted by Crippen LogP contribution is 2.25. The van der Waals surface area contributed by atoms with Crippen LogP contribution >= 0.6 is 12.2 Å². The minimum absolute atomic E-state index is 0.00435. The number of aromatic nitrogens is 1. The Kier molecular flexibility index (Phi) is 8.35. The summed E-state index contributed by atoms with van der Waals surface area (Å²) in [5.41, 5.74) is 0.972. The van der Waals surface area contributed by atoms with E-state index in [1.807, 2.05) is 12.1 Å². The van der Waals surface area contributed by atoms with Crippen LogP contribution in [0.15, 0.2) is 24.5 Å². The van der Waals surface area contributed by atoms with Crippen molar-refractivity contribution in [2.45, 2.75) is 43.9 Å². The van der Waals surface area contributed by atoms with E-state index < -0.39 is 0 Å². The van der Waals surface area contributed by atoms with Crippen molar-refractivity contribution in [1.82, 2.24) is 31.2 Å². The number of piperazine rings is 1. The van der Waals surface area contributed by atoms with Crippen LogP contribution in [0, 0.1) is 0 Å². The Hall–Kier alpha value is -2.30. The highest BCUT2D eigenvalue weighted by atomic mass is 32.1. The molecule has 0 spiro atoms. The van der Waals surface area contributed by atoms with Gasteiger partial charge in [-0.15, -0.1) is 0 Å². The molecule has 0 unspecified atom stereocenters. The molecule has 164 valence electrons. The summed E-state index contributed by atoms with van der Waals surface area (Å²) < 4.78 is 5.01. The summed E-state index contributed by atoms with van der Waals surface area (Å²) in [6, 6.07) is 3.84. The largest absolute Gasteiger partial charge is 0.383 e. The van der Waals surface area contributed by atoms with E-state index in [1.54, 1.807) is 19.5 Å². The first-order valence-corrected chi connectivity index (χ1v) is 10.7. The van der Waals surface area contributed by atoms with E-state index >= 15 is 0 Å². The van der Waals surface area contributed by atoms with Gasteiger partial charge in [0.1, 0.15) is 0 Å². The molecule has 10 heteroatoms. The Balaban J connectivity index is 1.45. The zero-order chi connectivity index (χ0) is 21.3. The number of thiocarbonyl (C=S) groups is 1. The molecule has 3 atom stereocenters. The van der Waals surface area contributed by atoms with Crippen molar-refractivity contribution in [3.8, 4) is 0 Å². The van der Waals surface area contributed by atoms with Gasteiger partial charge in [-0.2, -0.15) is 0 Å². The Morgan fingerprint density at radius 2 is 2.30 bits per heavy atom. The van der Waals surface area contributed by atoms with Gasteiger partial charge >= 0.3 is 0 Å². The fraction of sp³-hybridized carbons (Fsp3) is 0.600. The van der Waals surface area contributed by atoms with Gasteiger partial charge < -0.3 is 26.0 Å². The van der Waals surface area contributed by atoms with Crippen LogP contribution in [-0.2, 0) is 20.9 Å². The van der Waals surface area contributed by atoms with Crippen molar-refractivity contribution < 1.29 is 14.3 Å². The summed E-state index contributed by atoms with van der Waals surface area (Å²) in [5, 5.41) is 12.9. The molecule has 3 rings (SSSR count). The summed E-state index contributed by atoms with van der Waals surface area (Å²) in [6.45, 7) is 2.98. The maximum Gasteiger partial charge on any atom is 0.237 e. The molecular formula is C20H30N6O3S. The van der Waals surface area contributed by atoms with E-state index in [2.05, 4.69) is 31.2 Å². The van der Waals surface area contributed by atoms with E-state index in [0.717, 1.165) is 12.1 Å². The zero-order valence-corrected chi connectivity index (χ0v) is 18.0. The molecule has 2 aliphatic heterocycles. The first-order valence-electron chi connectivity index (χ1n) is 10.3. The van der Waals surface area contributed by atoms with Gasteiger partial charge in [0.15, 0.2) is 5.11 Å². The SMILES string of the molecule is COCCNC(=S)N[C@H]1C[C@H]2C(=O)NC[C@@H](CCC(=O)NCc3cccnc3)N2C1. The topological polar surface area (TPSA) is 108 Å². The van der Waals surface area contributed by atoms with Crippen molar-refractivity contribution in [3.05, 3.63) is 30.1 Å². The van der Waals surface area contributed by atoms with Crippen molar-refractivity contribution in [1.29, 1.82) is 0 Å². The van der Waals surface area contributed by atoms with E-state index in [9.17, 15) is 9.59 Å². The molecule has 0 radical (unpaired) electrons. The number of amides is 2.